The zero-order valence-electron chi connectivity index (χ0n) is 9.96. The number of hydrogen-bond donors (Lipinski definition) is 2. The molecule has 0 bridgehead atoms. The first-order valence-corrected chi connectivity index (χ1v) is 5.64. The number of aliphatic hydroxyl groups is 1. The average molecular weight is 246 g/mol. The molecule has 0 saturated heterocycles. The number of hydrogen-bond acceptors (Lipinski definition) is 4. The van der Waals surface area contributed by atoms with Crippen LogP contribution < -0.4 is 0 Å². The van der Waals surface area contributed by atoms with Gasteiger partial charge < -0.3 is 14.9 Å². The summed E-state index contributed by atoms with van der Waals surface area (Å²) in [7, 11) is 0. The van der Waals surface area contributed by atoms with Crippen LogP contribution >= 0.6 is 0 Å². The van der Waals surface area contributed by atoms with E-state index >= 15 is 0 Å². The maximum absolute atomic E-state index is 11.7. The Labute approximate surface area is 104 Å². The SMILES string of the molecule is CC(O)COC(=O)c1ccc2cc(O)ccc2c1. The largest absolute Gasteiger partial charge is 0.508 e. The van der Waals surface area contributed by atoms with E-state index < -0.39 is 12.1 Å². The predicted molar refractivity (Wildman–Crippen MR) is 67.6 cm³/mol. The van der Waals surface area contributed by atoms with Gasteiger partial charge in [-0.25, -0.2) is 4.79 Å². The van der Waals surface area contributed by atoms with Crippen LogP contribution in [0.5, 0.6) is 5.75 Å². The number of benzene rings is 2. The van der Waals surface area contributed by atoms with Crippen molar-refractivity contribution in [1.29, 1.82) is 0 Å². The fraction of sp³-hybridized carbons (Fsp3) is 0.214. The molecular weight excluding hydrogens is 232 g/mol. The first-order chi connectivity index (χ1) is 8.56. The lowest BCUT2D eigenvalue weighted by Crippen LogP contribution is -2.15. The van der Waals surface area contributed by atoms with Crippen LogP contribution in [-0.2, 0) is 4.74 Å². The van der Waals surface area contributed by atoms with Crippen molar-refractivity contribution in [1.82, 2.24) is 0 Å². The molecule has 0 amide bonds. The summed E-state index contributed by atoms with van der Waals surface area (Å²) < 4.78 is 4.92. The van der Waals surface area contributed by atoms with E-state index in [1.54, 1.807) is 43.3 Å². The van der Waals surface area contributed by atoms with Crippen LogP contribution in [0.2, 0.25) is 0 Å². The molecule has 0 aromatic heterocycles. The number of fused-ring (bicyclic) bond motifs is 1. The van der Waals surface area contributed by atoms with E-state index in [2.05, 4.69) is 0 Å². The third-order valence-corrected chi connectivity index (χ3v) is 2.52. The third-order valence-electron chi connectivity index (χ3n) is 2.52. The topological polar surface area (TPSA) is 66.8 Å². The standard InChI is InChI=1S/C14H14O4/c1-9(15)8-18-14(17)12-3-2-11-7-13(16)5-4-10(11)6-12/h2-7,9,15-16H,8H2,1H3. The van der Waals surface area contributed by atoms with Crippen molar-refractivity contribution in [2.45, 2.75) is 13.0 Å². The molecule has 18 heavy (non-hydrogen) atoms. The Morgan fingerprint density at radius 3 is 2.61 bits per heavy atom. The Bertz CT molecular complexity index is 575. The Kier molecular flexibility index (Phi) is 3.48. The quantitative estimate of drug-likeness (QED) is 0.814. The highest BCUT2D eigenvalue weighted by Gasteiger charge is 2.09. The van der Waals surface area contributed by atoms with Gasteiger partial charge in [-0.3, -0.25) is 0 Å². The highest BCUT2D eigenvalue weighted by Crippen LogP contribution is 2.21. The van der Waals surface area contributed by atoms with Crippen molar-refractivity contribution in [3.63, 3.8) is 0 Å². The van der Waals surface area contributed by atoms with E-state index in [-0.39, 0.29) is 12.4 Å². The smallest absolute Gasteiger partial charge is 0.338 e. The first kappa shape index (κ1) is 12.4. The van der Waals surface area contributed by atoms with Crippen molar-refractivity contribution in [3.8, 4) is 5.75 Å². The maximum atomic E-state index is 11.7. The Morgan fingerprint density at radius 1 is 1.22 bits per heavy atom. The van der Waals surface area contributed by atoms with E-state index in [0.29, 0.717) is 5.56 Å². The van der Waals surface area contributed by atoms with Gasteiger partial charge in [-0.15, -0.1) is 0 Å². The van der Waals surface area contributed by atoms with Gasteiger partial charge in [-0.2, -0.15) is 0 Å². The van der Waals surface area contributed by atoms with Crippen LogP contribution in [0.25, 0.3) is 10.8 Å². The lowest BCUT2D eigenvalue weighted by atomic mass is 10.1. The van der Waals surface area contributed by atoms with Crippen LogP contribution in [-0.4, -0.2) is 28.9 Å². The van der Waals surface area contributed by atoms with Crippen LogP contribution in [0, 0.1) is 0 Å². The summed E-state index contributed by atoms with van der Waals surface area (Å²) in [5.41, 5.74) is 0.425. The monoisotopic (exact) mass is 246 g/mol. The highest BCUT2D eigenvalue weighted by atomic mass is 16.5. The summed E-state index contributed by atoms with van der Waals surface area (Å²) >= 11 is 0. The molecule has 2 aromatic carbocycles. The van der Waals surface area contributed by atoms with Crippen molar-refractivity contribution < 1.29 is 19.7 Å². The minimum Gasteiger partial charge on any atom is -0.508 e. The molecule has 0 aliphatic carbocycles. The number of esters is 1. The molecule has 0 aliphatic rings. The van der Waals surface area contributed by atoms with Crippen LogP contribution in [0.4, 0.5) is 0 Å². The molecule has 94 valence electrons. The predicted octanol–water partition coefficient (Wildman–Crippen LogP) is 2.08. The van der Waals surface area contributed by atoms with Crippen molar-refractivity contribution in [2.24, 2.45) is 0 Å². The van der Waals surface area contributed by atoms with Crippen LogP contribution in [0.1, 0.15) is 17.3 Å². The normalized spacial score (nSPS) is 12.3. The van der Waals surface area contributed by atoms with Crippen molar-refractivity contribution in [3.05, 3.63) is 42.0 Å². The van der Waals surface area contributed by atoms with Gasteiger partial charge in [0.05, 0.1) is 11.7 Å². The lowest BCUT2D eigenvalue weighted by molar-refractivity contribution is 0.0296. The molecule has 1 unspecified atom stereocenters. The second kappa shape index (κ2) is 5.06. The minimum absolute atomic E-state index is 0.0214. The number of phenols is 1. The molecule has 2 N–H and O–H groups in total. The van der Waals surface area contributed by atoms with Crippen LogP contribution in [0.15, 0.2) is 36.4 Å². The molecule has 0 aliphatic heterocycles. The number of carbonyl (C=O) groups is 1. The van der Waals surface area contributed by atoms with Gasteiger partial charge in [0.25, 0.3) is 0 Å². The summed E-state index contributed by atoms with van der Waals surface area (Å²) in [6.45, 7) is 1.53. The first-order valence-electron chi connectivity index (χ1n) is 5.64. The fourth-order valence-corrected chi connectivity index (χ4v) is 1.64. The average Bonchev–Trinajstić information content (AvgIpc) is 2.35. The zero-order chi connectivity index (χ0) is 13.1. The molecule has 4 heteroatoms. The Hall–Kier alpha value is -2.07. The second-order valence-corrected chi connectivity index (χ2v) is 4.19. The fourth-order valence-electron chi connectivity index (χ4n) is 1.64. The van der Waals surface area contributed by atoms with E-state index in [9.17, 15) is 9.90 Å². The van der Waals surface area contributed by atoms with E-state index in [0.717, 1.165) is 10.8 Å². The van der Waals surface area contributed by atoms with Crippen LogP contribution in [0.3, 0.4) is 0 Å². The van der Waals surface area contributed by atoms with Gasteiger partial charge in [0.2, 0.25) is 0 Å². The van der Waals surface area contributed by atoms with Gasteiger partial charge in [0.15, 0.2) is 0 Å². The molecule has 0 fully saturated rings. The maximum Gasteiger partial charge on any atom is 0.338 e. The van der Waals surface area contributed by atoms with Crippen molar-refractivity contribution >= 4 is 16.7 Å². The van der Waals surface area contributed by atoms with E-state index in [4.69, 9.17) is 9.84 Å². The van der Waals surface area contributed by atoms with Gasteiger partial charge in [0.1, 0.15) is 12.4 Å². The lowest BCUT2D eigenvalue weighted by Gasteiger charge is -2.07. The third kappa shape index (κ3) is 2.78. The molecular formula is C14H14O4. The zero-order valence-corrected chi connectivity index (χ0v) is 9.96. The number of carbonyl (C=O) groups excluding carboxylic acids is 1. The second-order valence-electron chi connectivity index (χ2n) is 4.19. The summed E-state index contributed by atoms with van der Waals surface area (Å²) in [4.78, 5) is 11.7. The minimum atomic E-state index is -0.675. The van der Waals surface area contributed by atoms with Gasteiger partial charge in [-0.1, -0.05) is 12.1 Å². The van der Waals surface area contributed by atoms with E-state index in [1.165, 1.54) is 0 Å². The molecule has 0 heterocycles. The molecule has 0 saturated carbocycles. The molecule has 0 radical (unpaired) electrons. The number of phenolic OH excluding ortho intramolecular Hbond substituents is 1. The van der Waals surface area contributed by atoms with Gasteiger partial charge >= 0.3 is 5.97 Å². The number of rotatable bonds is 3. The van der Waals surface area contributed by atoms with Gasteiger partial charge in [-0.05, 0) is 42.0 Å². The van der Waals surface area contributed by atoms with Crippen molar-refractivity contribution in [2.75, 3.05) is 6.61 Å². The molecule has 2 rings (SSSR count). The number of aromatic hydroxyl groups is 1. The summed E-state index contributed by atoms with van der Waals surface area (Å²) in [6.07, 6.45) is -0.675. The summed E-state index contributed by atoms with van der Waals surface area (Å²) in [5, 5.41) is 20.1. The molecule has 4 nitrogen and oxygen atoms in total. The highest BCUT2D eigenvalue weighted by molar-refractivity contribution is 5.95. The molecule has 1 atom stereocenters. The Morgan fingerprint density at radius 2 is 1.89 bits per heavy atom. The van der Waals surface area contributed by atoms with E-state index in [1.807, 2.05) is 0 Å². The summed E-state index contributed by atoms with van der Waals surface area (Å²) in [6, 6.07) is 9.99. The number of ether oxygens (including phenoxy) is 1. The summed E-state index contributed by atoms with van der Waals surface area (Å²) in [5.74, 6) is -0.280. The molecule has 2 aromatic rings. The van der Waals surface area contributed by atoms with Gasteiger partial charge in [0, 0.05) is 0 Å². The Balaban J connectivity index is 2.24. The number of aliphatic hydroxyl groups excluding tert-OH is 1. The molecule has 0 spiro atoms.